The van der Waals surface area contributed by atoms with Gasteiger partial charge in [-0.15, -0.1) is 5.10 Å². The first-order valence-corrected chi connectivity index (χ1v) is 7.51. The highest BCUT2D eigenvalue weighted by atomic mass is 32.1. The van der Waals surface area contributed by atoms with Crippen molar-refractivity contribution >= 4 is 23.1 Å². The Labute approximate surface area is 126 Å². The third-order valence-corrected chi connectivity index (χ3v) is 4.24. The third-order valence-electron chi connectivity index (χ3n) is 3.61. The van der Waals surface area contributed by atoms with Crippen molar-refractivity contribution < 1.29 is 9.18 Å². The molecule has 1 aromatic heterocycles. The number of amides is 1. The van der Waals surface area contributed by atoms with E-state index in [0.717, 1.165) is 23.7 Å². The van der Waals surface area contributed by atoms with Crippen LogP contribution in [0.15, 0.2) is 24.3 Å². The summed E-state index contributed by atoms with van der Waals surface area (Å²) in [6, 6.07) is 6.44. The zero-order valence-electron chi connectivity index (χ0n) is 11.6. The van der Waals surface area contributed by atoms with E-state index in [-0.39, 0.29) is 11.7 Å². The van der Waals surface area contributed by atoms with Crippen LogP contribution in [0.4, 0.5) is 10.1 Å². The molecule has 1 saturated heterocycles. The summed E-state index contributed by atoms with van der Waals surface area (Å²) < 4.78 is 16.7. The first-order valence-electron chi connectivity index (χ1n) is 6.74. The lowest BCUT2D eigenvalue weighted by Crippen LogP contribution is -2.49. The molecule has 0 saturated carbocycles. The average molecular weight is 306 g/mol. The molecule has 1 aromatic carbocycles. The molecular weight excluding hydrogens is 291 g/mol. The summed E-state index contributed by atoms with van der Waals surface area (Å²) in [6.07, 6.45) is 0. The van der Waals surface area contributed by atoms with Gasteiger partial charge in [0.2, 0.25) is 0 Å². The van der Waals surface area contributed by atoms with Gasteiger partial charge in [-0.2, -0.15) is 0 Å². The van der Waals surface area contributed by atoms with Crippen molar-refractivity contribution in [3.05, 3.63) is 40.7 Å². The van der Waals surface area contributed by atoms with Crippen molar-refractivity contribution in [1.82, 2.24) is 14.5 Å². The number of anilines is 1. The first-order chi connectivity index (χ1) is 10.1. The Morgan fingerprint density at radius 3 is 2.43 bits per heavy atom. The Morgan fingerprint density at radius 2 is 1.86 bits per heavy atom. The van der Waals surface area contributed by atoms with Crippen LogP contribution >= 0.6 is 11.5 Å². The molecule has 1 aliphatic heterocycles. The Kier molecular flexibility index (Phi) is 3.83. The van der Waals surface area contributed by atoms with Gasteiger partial charge >= 0.3 is 0 Å². The molecule has 7 heteroatoms. The van der Waals surface area contributed by atoms with Gasteiger partial charge in [-0.3, -0.25) is 4.79 Å². The molecule has 1 fully saturated rings. The van der Waals surface area contributed by atoms with Gasteiger partial charge < -0.3 is 9.80 Å². The smallest absolute Gasteiger partial charge is 0.275 e. The lowest BCUT2D eigenvalue weighted by Gasteiger charge is -2.35. The van der Waals surface area contributed by atoms with Crippen LogP contribution < -0.4 is 4.90 Å². The van der Waals surface area contributed by atoms with Crippen LogP contribution in [0.5, 0.6) is 0 Å². The molecule has 0 N–H and O–H groups in total. The Balaban J connectivity index is 1.64. The predicted molar refractivity (Wildman–Crippen MR) is 79.2 cm³/mol. The van der Waals surface area contributed by atoms with E-state index >= 15 is 0 Å². The fourth-order valence-corrected chi connectivity index (χ4v) is 2.86. The van der Waals surface area contributed by atoms with Gasteiger partial charge in [-0.05, 0) is 42.7 Å². The van der Waals surface area contributed by atoms with Gasteiger partial charge in [0.25, 0.3) is 5.91 Å². The number of aryl methyl sites for hydroxylation is 1. The van der Waals surface area contributed by atoms with Crippen LogP contribution in [-0.4, -0.2) is 46.6 Å². The monoisotopic (exact) mass is 306 g/mol. The van der Waals surface area contributed by atoms with E-state index in [0.29, 0.717) is 18.8 Å². The van der Waals surface area contributed by atoms with E-state index in [1.165, 1.54) is 23.7 Å². The molecule has 2 aromatic rings. The fraction of sp³-hybridized carbons (Fsp3) is 0.357. The Morgan fingerprint density at radius 1 is 1.19 bits per heavy atom. The van der Waals surface area contributed by atoms with E-state index in [1.807, 2.05) is 6.92 Å². The molecule has 5 nitrogen and oxygen atoms in total. The van der Waals surface area contributed by atoms with E-state index in [2.05, 4.69) is 14.5 Å². The molecule has 3 rings (SSSR count). The molecule has 0 spiro atoms. The topological polar surface area (TPSA) is 49.3 Å². The summed E-state index contributed by atoms with van der Waals surface area (Å²) in [5.74, 6) is -0.293. The molecular formula is C14H15FN4OS. The van der Waals surface area contributed by atoms with E-state index in [1.54, 1.807) is 17.0 Å². The zero-order valence-corrected chi connectivity index (χ0v) is 12.4. The zero-order chi connectivity index (χ0) is 14.8. The van der Waals surface area contributed by atoms with Crippen molar-refractivity contribution in [2.45, 2.75) is 6.92 Å². The number of carbonyl (C=O) groups excluding carboxylic acids is 1. The van der Waals surface area contributed by atoms with Crippen LogP contribution in [0, 0.1) is 12.7 Å². The standard InChI is InChI=1S/C14H15FN4OS/c1-10-13(16-17-21-10)14(20)19-8-6-18(7-9-19)12-4-2-11(15)3-5-12/h2-5H,6-9H2,1H3. The van der Waals surface area contributed by atoms with Crippen LogP contribution in [0.25, 0.3) is 0 Å². The van der Waals surface area contributed by atoms with Crippen molar-refractivity contribution in [3.63, 3.8) is 0 Å². The number of nitrogens with zero attached hydrogens (tertiary/aromatic N) is 4. The lowest BCUT2D eigenvalue weighted by molar-refractivity contribution is 0.0740. The van der Waals surface area contributed by atoms with Crippen LogP contribution in [0.2, 0.25) is 0 Å². The van der Waals surface area contributed by atoms with Gasteiger partial charge in [0, 0.05) is 31.9 Å². The van der Waals surface area contributed by atoms with E-state index in [9.17, 15) is 9.18 Å². The number of hydrogen-bond donors (Lipinski definition) is 0. The predicted octanol–water partition coefficient (Wildman–Crippen LogP) is 1.95. The minimum Gasteiger partial charge on any atom is -0.368 e. The Hall–Kier alpha value is -2.02. The van der Waals surface area contributed by atoms with Crippen LogP contribution in [-0.2, 0) is 0 Å². The highest BCUT2D eigenvalue weighted by Crippen LogP contribution is 2.18. The maximum Gasteiger partial charge on any atom is 0.275 e. The SMILES string of the molecule is Cc1snnc1C(=O)N1CCN(c2ccc(F)cc2)CC1. The third kappa shape index (κ3) is 2.87. The van der Waals surface area contributed by atoms with Gasteiger partial charge in [-0.25, -0.2) is 4.39 Å². The van der Waals surface area contributed by atoms with Crippen molar-refractivity contribution in [1.29, 1.82) is 0 Å². The maximum absolute atomic E-state index is 12.9. The van der Waals surface area contributed by atoms with Crippen LogP contribution in [0.1, 0.15) is 15.4 Å². The molecule has 110 valence electrons. The van der Waals surface area contributed by atoms with Crippen LogP contribution in [0.3, 0.4) is 0 Å². The first kappa shape index (κ1) is 13.9. The molecule has 21 heavy (non-hydrogen) atoms. The molecule has 0 atom stereocenters. The number of rotatable bonds is 2. The highest BCUT2D eigenvalue weighted by molar-refractivity contribution is 7.05. The average Bonchev–Trinajstić information content (AvgIpc) is 2.94. The largest absolute Gasteiger partial charge is 0.368 e. The number of hydrogen-bond acceptors (Lipinski definition) is 5. The van der Waals surface area contributed by atoms with Crippen molar-refractivity contribution in [2.24, 2.45) is 0 Å². The molecule has 2 heterocycles. The van der Waals surface area contributed by atoms with Crippen molar-refractivity contribution in [3.8, 4) is 0 Å². The molecule has 0 unspecified atom stereocenters. The van der Waals surface area contributed by atoms with Gasteiger partial charge in [0.05, 0.1) is 4.88 Å². The minimum atomic E-state index is -0.237. The van der Waals surface area contributed by atoms with Crippen molar-refractivity contribution in [2.75, 3.05) is 31.1 Å². The second-order valence-corrected chi connectivity index (χ2v) is 5.89. The molecule has 0 bridgehead atoms. The second kappa shape index (κ2) is 5.77. The highest BCUT2D eigenvalue weighted by Gasteiger charge is 2.25. The second-order valence-electron chi connectivity index (χ2n) is 4.93. The van der Waals surface area contributed by atoms with Gasteiger partial charge in [-0.1, -0.05) is 4.49 Å². The van der Waals surface area contributed by atoms with Gasteiger partial charge in [0.1, 0.15) is 5.82 Å². The lowest BCUT2D eigenvalue weighted by atomic mass is 10.2. The summed E-state index contributed by atoms with van der Waals surface area (Å²) in [4.78, 5) is 17.1. The summed E-state index contributed by atoms with van der Waals surface area (Å²) >= 11 is 1.24. The quantitative estimate of drug-likeness (QED) is 0.851. The number of aromatic nitrogens is 2. The minimum absolute atomic E-state index is 0.0555. The Bertz CT molecular complexity index is 635. The summed E-state index contributed by atoms with van der Waals surface area (Å²) in [6.45, 7) is 4.58. The number of halogens is 1. The number of piperazine rings is 1. The number of carbonyl (C=O) groups is 1. The summed E-state index contributed by atoms with van der Waals surface area (Å²) in [5.41, 5.74) is 1.44. The normalized spacial score (nSPS) is 15.3. The fourth-order valence-electron chi connectivity index (χ4n) is 2.40. The molecule has 1 amide bonds. The van der Waals surface area contributed by atoms with E-state index < -0.39 is 0 Å². The summed E-state index contributed by atoms with van der Waals surface area (Å²) in [5, 5.41) is 3.90. The molecule has 0 radical (unpaired) electrons. The molecule has 0 aliphatic carbocycles. The maximum atomic E-state index is 12.9. The molecule has 1 aliphatic rings. The van der Waals surface area contributed by atoms with Gasteiger partial charge in [0.15, 0.2) is 5.69 Å². The van der Waals surface area contributed by atoms with E-state index in [4.69, 9.17) is 0 Å². The number of benzene rings is 1. The summed E-state index contributed by atoms with van der Waals surface area (Å²) in [7, 11) is 0.